The second-order valence-electron chi connectivity index (χ2n) is 10.9. The topological polar surface area (TPSA) is 76.1 Å². The van der Waals surface area contributed by atoms with Crippen LogP contribution in [0, 0.1) is 20.8 Å². The van der Waals surface area contributed by atoms with Crippen molar-refractivity contribution < 1.29 is 24.2 Å². The fourth-order valence-corrected chi connectivity index (χ4v) is 6.67. The highest BCUT2D eigenvalue weighted by Gasteiger charge is 2.51. The molecule has 2 aliphatic heterocycles. The predicted octanol–water partition coefficient (Wildman–Crippen LogP) is 5.70. The molecule has 2 atom stereocenters. The van der Waals surface area contributed by atoms with Crippen molar-refractivity contribution in [2.24, 2.45) is 0 Å². The highest BCUT2D eigenvalue weighted by atomic mass is 16.5. The van der Waals surface area contributed by atoms with Crippen LogP contribution in [0.2, 0.25) is 0 Å². The van der Waals surface area contributed by atoms with Crippen molar-refractivity contribution in [1.82, 2.24) is 4.90 Å². The molecule has 2 aromatic rings. The van der Waals surface area contributed by atoms with Crippen LogP contribution in [0.25, 0.3) is 0 Å². The van der Waals surface area contributed by atoms with Gasteiger partial charge in [-0.05, 0) is 88.3 Å². The van der Waals surface area contributed by atoms with Gasteiger partial charge in [-0.2, -0.15) is 0 Å². The number of ketones is 1. The maximum absolute atomic E-state index is 14.1. The van der Waals surface area contributed by atoms with E-state index in [0.717, 1.165) is 11.4 Å². The number of ether oxygens (including phenoxy) is 2. The summed E-state index contributed by atoms with van der Waals surface area (Å²) in [5, 5.41) is 10.3. The Morgan fingerprint density at radius 1 is 1.11 bits per heavy atom. The maximum atomic E-state index is 14.1. The summed E-state index contributed by atoms with van der Waals surface area (Å²) in [7, 11) is 0. The van der Waals surface area contributed by atoms with Crippen molar-refractivity contribution in [3.63, 3.8) is 0 Å². The van der Waals surface area contributed by atoms with E-state index < -0.39 is 17.6 Å². The first-order chi connectivity index (χ1) is 17.5. The van der Waals surface area contributed by atoms with Gasteiger partial charge in [0, 0.05) is 23.6 Å². The van der Waals surface area contributed by atoms with E-state index >= 15 is 0 Å². The van der Waals surface area contributed by atoms with Crippen LogP contribution in [0.5, 0.6) is 5.75 Å². The number of hydrogen-bond donors (Lipinski definition) is 1. The molecule has 2 heterocycles. The summed E-state index contributed by atoms with van der Waals surface area (Å²) in [5.74, 6) is -0.950. The van der Waals surface area contributed by atoms with E-state index in [4.69, 9.17) is 9.47 Å². The molecule has 2 aromatic carbocycles. The van der Waals surface area contributed by atoms with E-state index in [9.17, 15) is 14.7 Å². The van der Waals surface area contributed by atoms with Crippen LogP contribution >= 0.6 is 0 Å². The molecule has 0 aromatic heterocycles. The molecule has 37 heavy (non-hydrogen) atoms. The minimum absolute atomic E-state index is 0.0162. The average molecular weight is 502 g/mol. The van der Waals surface area contributed by atoms with Crippen molar-refractivity contribution >= 4 is 11.8 Å². The van der Waals surface area contributed by atoms with Gasteiger partial charge in [0.2, 0.25) is 0 Å². The number of esters is 1. The summed E-state index contributed by atoms with van der Waals surface area (Å²) in [6.07, 6.45) is 1.02. The number of Topliss-reactive ketones (excluding diaryl/α,β-unsaturated/α-hetero) is 1. The zero-order chi connectivity index (χ0) is 26.6. The quantitative estimate of drug-likeness (QED) is 0.542. The van der Waals surface area contributed by atoms with E-state index in [0.29, 0.717) is 29.6 Å². The molecule has 1 aliphatic carbocycles. The molecule has 194 valence electrons. The number of carbonyl (C=O) groups is 2. The number of aryl methyl sites for hydroxylation is 3. The molecule has 6 nitrogen and oxygen atoms in total. The Morgan fingerprint density at radius 2 is 1.81 bits per heavy atom. The molecule has 6 heteroatoms. The standard InChI is InChI=1S/C31H35NO5/c1-7-36-30(35)29-24-16-37-31(5,6)32(24)23-14-21(26-18(3)11-17(2)12-19(26)4)15-25(34)28(23)27(29)20-9-8-10-22(33)13-20/h8-13,21,27,33H,7,14-16H2,1-6H3. The van der Waals surface area contributed by atoms with Gasteiger partial charge in [-0.25, -0.2) is 4.79 Å². The highest BCUT2D eigenvalue weighted by Crippen LogP contribution is 2.53. The number of fused-ring (bicyclic) bond motifs is 2. The van der Waals surface area contributed by atoms with Gasteiger partial charge >= 0.3 is 5.97 Å². The fourth-order valence-electron chi connectivity index (χ4n) is 6.67. The number of allylic oxidation sites excluding steroid dienone is 2. The van der Waals surface area contributed by atoms with Gasteiger partial charge in [-0.1, -0.05) is 29.8 Å². The van der Waals surface area contributed by atoms with Crippen molar-refractivity contribution in [2.75, 3.05) is 13.2 Å². The van der Waals surface area contributed by atoms with Crippen molar-refractivity contribution in [2.45, 2.75) is 71.9 Å². The lowest BCUT2D eigenvalue weighted by molar-refractivity contribution is -0.139. The number of aromatic hydroxyl groups is 1. The smallest absolute Gasteiger partial charge is 0.336 e. The second kappa shape index (κ2) is 9.18. The molecule has 1 fully saturated rings. The molecule has 0 amide bonds. The Kier molecular flexibility index (Phi) is 6.27. The first-order valence-corrected chi connectivity index (χ1v) is 13.0. The van der Waals surface area contributed by atoms with Crippen molar-refractivity contribution in [3.8, 4) is 5.75 Å². The van der Waals surface area contributed by atoms with E-state index in [1.54, 1.807) is 25.1 Å². The number of benzene rings is 2. The summed E-state index contributed by atoms with van der Waals surface area (Å²) >= 11 is 0. The number of phenolic OH excluding ortho intramolecular Hbond substituents is 1. The van der Waals surface area contributed by atoms with Gasteiger partial charge in [-0.15, -0.1) is 0 Å². The van der Waals surface area contributed by atoms with Crippen LogP contribution in [0.1, 0.15) is 73.3 Å². The third kappa shape index (κ3) is 4.17. The molecular formula is C31H35NO5. The number of hydrogen-bond acceptors (Lipinski definition) is 6. The highest BCUT2D eigenvalue weighted by molar-refractivity contribution is 6.04. The summed E-state index contributed by atoms with van der Waals surface area (Å²) in [4.78, 5) is 29.6. The van der Waals surface area contributed by atoms with Crippen LogP contribution in [0.4, 0.5) is 0 Å². The lowest BCUT2D eigenvalue weighted by atomic mass is 9.70. The summed E-state index contributed by atoms with van der Waals surface area (Å²) < 4.78 is 11.7. The molecular weight excluding hydrogens is 466 g/mol. The Morgan fingerprint density at radius 3 is 2.46 bits per heavy atom. The monoisotopic (exact) mass is 501 g/mol. The van der Waals surface area contributed by atoms with Crippen LogP contribution in [0.3, 0.4) is 0 Å². The number of rotatable bonds is 4. The lowest BCUT2D eigenvalue weighted by Gasteiger charge is -2.45. The molecule has 3 aliphatic rings. The number of phenols is 1. The van der Waals surface area contributed by atoms with Crippen LogP contribution in [-0.2, 0) is 19.1 Å². The van der Waals surface area contributed by atoms with Gasteiger partial charge in [0.05, 0.1) is 24.5 Å². The lowest BCUT2D eigenvalue weighted by Crippen LogP contribution is -2.45. The molecule has 0 bridgehead atoms. The van der Waals surface area contributed by atoms with E-state index in [1.165, 1.54) is 22.3 Å². The fraction of sp³-hybridized carbons (Fsp3) is 0.419. The number of nitrogens with zero attached hydrogens (tertiary/aromatic N) is 1. The Labute approximate surface area is 218 Å². The zero-order valence-corrected chi connectivity index (χ0v) is 22.5. The van der Waals surface area contributed by atoms with Crippen molar-refractivity contribution in [1.29, 1.82) is 0 Å². The third-order valence-corrected chi connectivity index (χ3v) is 7.86. The molecule has 1 saturated heterocycles. The maximum Gasteiger partial charge on any atom is 0.336 e. The summed E-state index contributed by atoms with van der Waals surface area (Å²) in [6, 6.07) is 11.2. The predicted molar refractivity (Wildman–Crippen MR) is 141 cm³/mol. The van der Waals surface area contributed by atoms with Crippen LogP contribution < -0.4 is 0 Å². The van der Waals surface area contributed by atoms with Crippen LogP contribution in [0.15, 0.2) is 58.9 Å². The average Bonchev–Trinajstić information content (AvgIpc) is 3.13. The van der Waals surface area contributed by atoms with Crippen LogP contribution in [-0.4, -0.2) is 40.7 Å². The Hall–Kier alpha value is -3.38. The molecule has 0 saturated carbocycles. The Balaban J connectivity index is 1.73. The third-order valence-electron chi connectivity index (χ3n) is 7.86. The SMILES string of the molecule is CCOC(=O)C1=C2COC(C)(C)N2C2=C(C(=O)CC(c3c(C)cc(C)cc3C)C2)C1c1cccc(O)c1. The van der Waals surface area contributed by atoms with E-state index in [2.05, 4.69) is 37.8 Å². The first kappa shape index (κ1) is 25.3. The van der Waals surface area contributed by atoms with Gasteiger partial charge in [0.1, 0.15) is 11.5 Å². The minimum Gasteiger partial charge on any atom is -0.508 e. The van der Waals surface area contributed by atoms with Crippen molar-refractivity contribution in [3.05, 3.63) is 86.8 Å². The summed E-state index contributed by atoms with van der Waals surface area (Å²) in [6.45, 7) is 12.5. The van der Waals surface area contributed by atoms with E-state index in [-0.39, 0.29) is 30.7 Å². The van der Waals surface area contributed by atoms with Gasteiger partial charge in [0.15, 0.2) is 5.78 Å². The summed E-state index contributed by atoms with van der Waals surface area (Å²) in [5.41, 5.74) is 7.46. The first-order valence-electron chi connectivity index (χ1n) is 13.0. The minimum atomic E-state index is -0.725. The van der Waals surface area contributed by atoms with E-state index in [1.807, 2.05) is 19.9 Å². The Bertz CT molecular complexity index is 1340. The van der Waals surface area contributed by atoms with Gasteiger partial charge < -0.3 is 19.5 Å². The zero-order valence-electron chi connectivity index (χ0n) is 22.5. The number of carbonyl (C=O) groups excluding carboxylic acids is 2. The second-order valence-corrected chi connectivity index (χ2v) is 10.9. The molecule has 1 N–H and O–H groups in total. The molecule has 5 rings (SSSR count). The van der Waals surface area contributed by atoms with Gasteiger partial charge in [-0.3, -0.25) is 4.79 Å². The normalized spacial score (nSPS) is 22.8. The molecule has 0 radical (unpaired) electrons. The molecule has 2 unspecified atom stereocenters. The molecule has 0 spiro atoms. The largest absolute Gasteiger partial charge is 0.508 e. The van der Waals surface area contributed by atoms with Gasteiger partial charge in [0.25, 0.3) is 0 Å².